The van der Waals surface area contributed by atoms with Crippen molar-refractivity contribution in [3.63, 3.8) is 0 Å². The van der Waals surface area contributed by atoms with Gasteiger partial charge >= 0.3 is 0 Å². The van der Waals surface area contributed by atoms with Crippen LogP contribution >= 0.6 is 0 Å². The van der Waals surface area contributed by atoms with Gasteiger partial charge in [-0.1, -0.05) is 13.3 Å². The average molecular weight is 213 g/mol. The normalized spacial score (nSPS) is 19.9. The molecule has 1 aliphatic heterocycles. The smallest absolute Gasteiger partial charge is 0.234 e. The van der Waals surface area contributed by atoms with E-state index in [0.717, 1.165) is 19.5 Å². The number of nitrogens with zero attached hydrogens (tertiary/aromatic N) is 1. The van der Waals surface area contributed by atoms with Gasteiger partial charge in [-0.15, -0.1) is 0 Å². The summed E-state index contributed by atoms with van der Waals surface area (Å²) < 4.78 is 0. The second-order valence-electron chi connectivity index (χ2n) is 4.46. The lowest BCUT2D eigenvalue weighted by Crippen LogP contribution is -2.45. The van der Waals surface area contributed by atoms with Crippen molar-refractivity contribution in [2.24, 2.45) is 11.7 Å². The molecular weight excluding hydrogens is 190 g/mol. The molecule has 1 rings (SSSR count). The van der Waals surface area contributed by atoms with Crippen LogP contribution in [0.1, 0.15) is 39.0 Å². The number of nitrogens with one attached hydrogen (secondary N) is 1. The first-order chi connectivity index (χ1) is 7.22. The quantitative estimate of drug-likeness (QED) is 0.712. The van der Waals surface area contributed by atoms with Crippen molar-refractivity contribution in [3.05, 3.63) is 0 Å². The van der Waals surface area contributed by atoms with E-state index in [1.807, 2.05) is 5.01 Å². The number of hydrogen-bond donors (Lipinski definition) is 2. The van der Waals surface area contributed by atoms with Gasteiger partial charge in [0.25, 0.3) is 0 Å². The topological polar surface area (TPSA) is 58.4 Å². The van der Waals surface area contributed by atoms with Crippen molar-refractivity contribution in [2.45, 2.75) is 39.0 Å². The Kier molecular flexibility index (Phi) is 5.65. The summed E-state index contributed by atoms with van der Waals surface area (Å²) in [5, 5.41) is 2.04. The Morgan fingerprint density at radius 3 is 2.67 bits per heavy atom. The molecule has 0 spiro atoms. The molecule has 0 aliphatic carbocycles. The molecule has 0 saturated carbocycles. The Hall–Kier alpha value is -0.610. The van der Waals surface area contributed by atoms with E-state index >= 15 is 0 Å². The van der Waals surface area contributed by atoms with Crippen molar-refractivity contribution in [2.75, 3.05) is 19.6 Å². The van der Waals surface area contributed by atoms with Crippen molar-refractivity contribution < 1.29 is 4.79 Å². The van der Waals surface area contributed by atoms with Crippen molar-refractivity contribution in [1.82, 2.24) is 10.4 Å². The van der Waals surface area contributed by atoms with Gasteiger partial charge in [0.1, 0.15) is 0 Å². The largest absolute Gasteiger partial charge is 0.330 e. The van der Waals surface area contributed by atoms with E-state index in [1.54, 1.807) is 0 Å². The molecule has 1 aliphatic rings. The molecule has 15 heavy (non-hydrogen) atoms. The second kappa shape index (κ2) is 6.80. The molecular formula is C11H23N3O. The zero-order valence-corrected chi connectivity index (χ0v) is 9.67. The molecule has 0 aromatic carbocycles. The van der Waals surface area contributed by atoms with Crippen LogP contribution in [0.15, 0.2) is 0 Å². The van der Waals surface area contributed by atoms with Crippen LogP contribution < -0.4 is 11.2 Å². The van der Waals surface area contributed by atoms with Crippen LogP contribution in [-0.2, 0) is 4.79 Å². The van der Waals surface area contributed by atoms with E-state index in [9.17, 15) is 4.79 Å². The first kappa shape index (κ1) is 12.5. The van der Waals surface area contributed by atoms with Crippen LogP contribution in [0, 0.1) is 5.92 Å². The summed E-state index contributed by atoms with van der Waals surface area (Å²) in [5.41, 5.74) is 8.45. The van der Waals surface area contributed by atoms with Crippen molar-refractivity contribution >= 4 is 5.91 Å². The van der Waals surface area contributed by atoms with Gasteiger partial charge in [-0.2, -0.15) is 0 Å². The lowest BCUT2D eigenvalue weighted by Gasteiger charge is -2.26. The number of carbonyl (C=O) groups excluding carboxylic acids is 1. The van der Waals surface area contributed by atoms with Gasteiger partial charge in [-0.3, -0.25) is 10.2 Å². The molecule has 1 amide bonds. The summed E-state index contributed by atoms with van der Waals surface area (Å²) >= 11 is 0. The van der Waals surface area contributed by atoms with Crippen LogP contribution in [0.5, 0.6) is 0 Å². The number of piperidine rings is 1. The molecule has 0 radical (unpaired) electrons. The minimum absolute atomic E-state index is 0.136. The number of hydrogen-bond acceptors (Lipinski definition) is 3. The van der Waals surface area contributed by atoms with Gasteiger partial charge in [0, 0.05) is 19.5 Å². The molecule has 88 valence electrons. The number of carbonyl (C=O) groups is 1. The van der Waals surface area contributed by atoms with Gasteiger partial charge in [0.2, 0.25) is 5.91 Å². The minimum atomic E-state index is 0.136. The molecule has 0 bridgehead atoms. The fourth-order valence-corrected chi connectivity index (χ4v) is 1.73. The highest BCUT2D eigenvalue weighted by Gasteiger charge is 2.12. The summed E-state index contributed by atoms with van der Waals surface area (Å²) in [4.78, 5) is 11.5. The van der Waals surface area contributed by atoms with E-state index in [0.29, 0.717) is 18.9 Å². The summed E-state index contributed by atoms with van der Waals surface area (Å²) in [5.74, 6) is 0.578. The maximum atomic E-state index is 11.5. The monoisotopic (exact) mass is 213 g/mol. The van der Waals surface area contributed by atoms with Crippen molar-refractivity contribution in [3.8, 4) is 0 Å². The third-order valence-corrected chi connectivity index (χ3v) is 2.91. The van der Waals surface area contributed by atoms with Gasteiger partial charge < -0.3 is 5.73 Å². The molecule has 4 nitrogen and oxygen atoms in total. The Labute approximate surface area is 92.2 Å². The molecule has 4 heteroatoms. The zero-order chi connectivity index (χ0) is 11.1. The number of nitrogens with two attached hydrogens (primary N) is 1. The molecule has 1 unspecified atom stereocenters. The van der Waals surface area contributed by atoms with Crippen LogP contribution in [0.3, 0.4) is 0 Å². The lowest BCUT2D eigenvalue weighted by atomic mass is 10.1. The van der Waals surface area contributed by atoms with E-state index in [-0.39, 0.29) is 5.91 Å². The molecule has 0 aromatic heterocycles. The number of rotatable bonds is 5. The Balaban J connectivity index is 2.11. The van der Waals surface area contributed by atoms with Crippen molar-refractivity contribution in [1.29, 1.82) is 0 Å². The molecule has 1 saturated heterocycles. The number of hydrazine groups is 1. The van der Waals surface area contributed by atoms with Crippen LogP contribution in [0.2, 0.25) is 0 Å². The van der Waals surface area contributed by atoms with Gasteiger partial charge in [0.05, 0.1) is 0 Å². The van der Waals surface area contributed by atoms with E-state index in [4.69, 9.17) is 5.73 Å². The Morgan fingerprint density at radius 2 is 2.07 bits per heavy atom. The fraction of sp³-hybridized carbons (Fsp3) is 0.909. The molecule has 3 N–H and O–H groups in total. The molecule has 0 aromatic rings. The van der Waals surface area contributed by atoms with Gasteiger partial charge in [0.15, 0.2) is 0 Å². The third-order valence-electron chi connectivity index (χ3n) is 2.91. The predicted molar refractivity (Wildman–Crippen MR) is 61.0 cm³/mol. The second-order valence-corrected chi connectivity index (χ2v) is 4.46. The van der Waals surface area contributed by atoms with E-state index < -0.39 is 0 Å². The Bertz CT molecular complexity index is 190. The maximum Gasteiger partial charge on any atom is 0.234 e. The third kappa shape index (κ3) is 5.14. The predicted octanol–water partition coefficient (Wildman–Crippen LogP) is 0.879. The summed E-state index contributed by atoms with van der Waals surface area (Å²) in [6.45, 7) is 4.74. The Morgan fingerprint density at radius 1 is 1.40 bits per heavy atom. The van der Waals surface area contributed by atoms with Crippen LogP contribution in [0.25, 0.3) is 0 Å². The highest BCUT2D eigenvalue weighted by Crippen LogP contribution is 2.07. The lowest BCUT2D eigenvalue weighted by molar-refractivity contribution is -0.126. The molecule has 1 heterocycles. The first-order valence-corrected chi connectivity index (χ1v) is 5.97. The van der Waals surface area contributed by atoms with Crippen LogP contribution in [-0.4, -0.2) is 30.6 Å². The van der Waals surface area contributed by atoms with Gasteiger partial charge in [-0.05, 0) is 31.7 Å². The van der Waals surface area contributed by atoms with E-state index in [1.165, 1.54) is 19.3 Å². The highest BCUT2D eigenvalue weighted by atomic mass is 16.2. The van der Waals surface area contributed by atoms with Crippen LogP contribution in [0.4, 0.5) is 0 Å². The van der Waals surface area contributed by atoms with Gasteiger partial charge in [-0.25, -0.2) is 5.01 Å². The zero-order valence-electron chi connectivity index (χ0n) is 9.67. The number of amides is 1. The minimum Gasteiger partial charge on any atom is -0.330 e. The molecule has 1 fully saturated rings. The SMILES string of the molecule is CC(CN)CCC(=O)NN1CCCCC1. The fourth-order valence-electron chi connectivity index (χ4n) is 1.73. The standard InChI is InChI=1S/C11H23N3O/c1-10(9-12)5-6-11(15)13-14-7-3-2-4-8-14/h10H,2-9,12H2,1H3,(H,13,15). The highest BCUT2D eigenvalue weighted by molar-refractivity contribution is 5.75. The first-order valence-electron chi connectivity index (χ1n) is 5.97. The summed E-state index contributed by atoms with van der Waals surface area (Å²) in [7, 11) is 0. The average Bonchev–Trinajstić information content (AvgIpc) is 2.27. The molecule has 1 atom stereocenters. The summed E-state index contributed by atoms with van der Waals surface area (Å²) in [6.07, 6.45) is 5.15. The maximum absolute atomic E-state index is 11.5. The van der Waals surface area contributed by atoms with E-state index in [2.05, 4.69) is 12.3 Å². The summed E-state index contributed by atoms with van der Waals surface area (Å²) in [6, 6.07) is 0.